The molecule has 0 saturated heterocycles. The Morgan fingerprint density at radius 1 is 0.548 bits per heavy atom. The lowest BCUT2D eigenvalue weighted by Gasteiger charge is -2.41. The Morgan fingerprint density at radius 2 is 0.871 bits per heavy atom. The van der Waals surface area contributed by atoms with Gasteiger partial charge in [0.05, 0.1) is 0 Å². The number of hydrogen-bond acceptors (Lipinski definition) is 3. The zero-order chi connectivity index (χ0) is 22.9. The number of rotatable bonds is 3. The third-order valence-electron chi connectivity index (χ3n) is 6.04. The summed E-state index contributed by atoms with van der Waals surface area (Å²) < 4.78 is 0. The highest BCUT2D eigenvalue weighted by Gasteiger charge is 2.38. The van der Waals surface area contributed by atoms with Crippen LogP contribution in [0.4, 0.5) is 0 Å². The summed E-state index contributed by atoms with van der Waals surface area (Å²) in [6, 6.07) is 22.6. The smallest absolute Gasteiger partial charge is 0.115 e. The van der Waals surface area contributed by atoms with E-state index >= 15 is 0 Å². The Labute approximate surface area is 187 Å². The van der Waals surface area contributed by atoms with Crippen LogP contribution in [0.2, 0.25) is 0 Å². The quantitative estimate of drug-likeness (QED) is 0.411. The monoisotopic (exact) mass is 420 g/mol. The summed E-state index contributed by atoms with van der Waals surface area (Å²) in [4.78, 5) is 0. The Kier molecular flexibility index (Phi) is 8.99. The van der Waals surface area contributed by atoms with Gasteiger partial charge in [0.2, 0.25) is 0 Å². The highest BCUT2D eigenvalue weighted by atomic mass is 16.3. The van der Waals surface area contributed by atoms with E-state index in [2.05, 4.69) is 0 Å². The third-order valence-corrected chi connectivity index (χ3v) is 6.04. The molecule has 3 N–H and O–H groups in total. The maximum atomic E-state index is 9.71. The first-order valence-electron chi connectivity index (χ1n) is 11.4. The van der Waals surface area contributed by atoms with Crippen molar-refractivity contribution < 1.29 is 15.3 Å². The molecule has 166 valence electrons. The first kappa shape index (κ1) is 24.3. The van der Waals surface area contributed by atoms with Crippen LogP contribution in [0.3, 0.4) is 0 Å². The molecule has 1 fully saturated rings. The molecule has 0 heterocycles. The molecule has 0 aromatic heterocycles. The fraction of sp³-hybridized carbons (Fsp3) is 0.357. The second kappa shape index (κ2) is 11.5. The van der Waals surface area contributed by atoms with Gasteiger partial charge < -0.3 is 15.3 Å². The molecule has 3 nitrogen and oxygen atoms in total. The van der Waals surface area contributed by atoms with Crippen molar-refractivity contribution in [3.05, 3.63) is 89.5 Å². The fourth-order valence-electron chi connectivity index (χ4n) is 4.50. The largest absolute Gasteiger partial charge is 0.508 e. The van der Waals surface area contributed by atoms with Gasteiger partial charge in [0.25, 0.3) is 0 Å². The molecule has 1 saturated carbocycles. The van der Waals surface area contributed by atoms with Crippen LogP contribution in [0.25, 0.3) is 0 Å². The van der Waals surface area contributed by atoms with Crippen LogP contribution in [0.5, 0.6) is 17.2 Å². The number of aromatic hydroxyl groups is 3. The molecule has 3 aromatic carbocycles. The van der Waals surface area contributed by atoms with E-state index < -0.39 is 0 Å². The molecule has 31 heavy (non-hydrogen) atoms. The summed E-state index contributed by atoms with van der Waals surface area (Å²) in [5.41, 5.74) is 3.57. The number of phenols is 3. The zero-order valence-electron chi connectivity index (χ0n) is 19.2. The van der Waals surface area contributed by atoms with E-state index in [-0.39, 0.29) is 16.9 Å². The number of hydrogen-bond donors (Lipinski definition) is 3. The molecule has 1 aliphatic rings. The van der Waals surface area contributed by atoms with Crippen molar-refractivity contribution >= 4 is 0 Å². The zero-order valence-corrected chi connectivity index (χ0v) is 19.2. The lowest BCUT2D eigenvalue weighted by atomic mass is 9.62. The minimum atomic E-state index is -0.116. The predicted octanol–water partition coefficient (Wildman–Crippen LogP) is 7.50. The van der Waals surface area contributed by atoms with Crippen LogP contribution in [0.15, 0.2) is 72.8 Å². The minimum Gasteiger partial charge on any atom is -0.508 e. The van der Waals surface area contributed by atoms with Gasteiger partial charge in [-0.05, 0) is 84.7 Å². The normalized spacial score (nSPS) is 15.1. The van der Waals surface area contributed by atoms with Crippen molar-refractivity contribution in [3.63, 3.8) is 0 Å². The highest BCUT2D eigenvalue weighted by molar-refractivity contribution is 5.44. The first-order valence-corrected chi connectivity index (χ1v) is 11.4. The van der Waals surface area contributed by atoms with Crippen molar-refractivity contribution in [1.82, 2.24) is 0 Å². The molecule has 0 aliphatic heterocycles. The van der Waals surface area contributed by atoms with Gasteiger partial charge in [0.1, 0.15) is 17.2 Å². The summed E-state index contributed by atoms with van der Waals surface area (Å²) in [5.74, 6) is 1.33. The van der Waals surface area contributed by atoms with E-state index in [0.29, 0.717) is 11.7 Å². The number of benzene rings is 3. The minimum absolute atomic E-state index is 0.116. The topological polar surface area (TPSA) is 60.7 Å². The summed E-state index contributed by atoms with van der Waals surface area (Å²) in [5, 5.41) is 29.0. The van der Waals surface area contributed by atoms with Crippen LogP contribution in [-0.2, 0) is 5.41 Å². The molecule has 0 atom stereocenters. The van der Waals surface area contributed by atoms with Crippen LogP contribution in [0, 0.1) is 0 Å². The van der Waals surface area contributed by atoms with Gasteiger partial charge in [0.15, 0.2) is 0 Å². The predicted molar refractivity (Wildman–Crippen MR) is 129 cm³/mol. The van der Waals surface area contributed by atoms with Gasteiger partial charge in [0, 0.05) is 5.41 Å². The van der Waals surface area contributed by atoms with E-state index in [9.17, 15) is 15.3 Å². The number of phenolic OH excluding ortho intramolecular Hbond substituents is 3. The SMILES string of the molecule is CC.CC.Oc1ccc(C2CCC(c3ccc(O)cc3)(c3ccc(O)cc3)CC2)cc1. The van der Waals surface area contributed by atoms with E-state index in [1.165, 1.54) is 16.7 Å². The van der Waals surface area contributed by atoms with Crippen LogP contribution in [0.1, 0.15) is 76.0 Å². The van der Waals surface area contributed by atoms with E-state index in [4.69, 9.17) is 0 Å². The molecule has 0 radical (unpaired) electrons. The molecule has 0 spiro atoms. The molecule has 0 unspecified atom stereocenters. The average Bonchev–Trinajstić information content (AvgIpc) is 2.83. The lowest BCUT2D eigenvalue weighted by Crippen LogP contribution is -2.32. The molecule has 0 amide bonds. The van der Waals surface area contributed by atoms with Crippen molar-refractivity contribution in [2.45, 2.75) is 64.7 Å². The summed E-state index contributed by atoms with van der Waals surface area (Å²) in [6.07, 6.45) is 4.08. The second-order valence-electron chi connectivity index (χ2n) is 7.54. The Hall–Kier alpha value is -2.94. The average molecular weight is 421 g/mol. The van der Waals surface area contributed by atoms with Crippen molar-refractivity contribution in [2.24, 2.45) is 0 Å². The fourth-order valence-corrected chi connectivity index (χ4v) is 4.50. The van der Waals surface area contributed by atoms with Gasteiger partial charge in [-0.3, -0.25) is 0 Å². The molecule has 1 aliphatic carbocycles. The standard InChI is InChI=1S/C24H24O3.2C2H6/c25-21-7-1-17(2-8-21)18-13-15-24(16-14-18,19-3-9-22(26)10-4-19)20-5-11-23(27)12-6-20;2*1-2/h1-12,18,25-27H,13-16H2;2*1-2H3. The summed E-state index contributed by atoms with van der Waals surface area (Å²) in [6.45, 7) is 8.00. The van der Waals surface area contributed by atoms with Gasteiger partial charge in [-0.25, -0.2) is 0 Å². The molecular weight excluding hydrogens is 384 g/mol. The first-order chi connectivity index (χ1) is 15.1. The molecule has 4 rings (SSSR count). The molecule has 3 aromatic rings. The van der Waals surface area contributed by atoms with Crippen LogP contribution < -0.4 is 0 Å². The summed E-state index contributed by atoms with van der Waals surface area (Å²) in [7, 11) is 0. The van der Waals surface area contributed by atoms with E-state index in [1.54, 1.807) is 36.4 Å². The molecule has 3 heteroatoms. The van der Waals surface area contributed by atoms with Crippen molar-refractivity contribution in [2.75, 3.05) is 0 Å². The van der Waals surface area contributed by atoms with E-state index in [1.807, 2.05) is 64.1 Å². The van der Waals surface area contributed by atoms with Crippen molar-refractivity contribution in [1.29, 1.82) is 0 Å². The maximum absolute atomic E-state index is 9.71. The van der Waals surface area contributed by atoms with E-state index in [0.717, 1.165) is 25.7 Å². The van der Waals surface area contributed by atoms with Gasteiger partial charge in [-0.2, -0.15) is 0 Å². The summed E-state index contributed by atoms with van der Waals surface area (Å²) >= 11 is 0. The van der Waals surface area contributed by atoms with Gasteiger partial charge >= 0.3 is 0 Å². The Morgan fingerprint density at radius 3 is 1.23 bits per heavy atom. The molecular formula is C28H36O3. The van der Waals surface area contributed by atoms with Gasteiger partial charge in [-0.1, -0.05) is 64.1 Å². The highest BCUT2D eigenvalue weighted by Crippen LogP contribution is 2.49. The molecule has 0 bridgehead atoms. The second-order valence-corrected chi connectivity index (χ2v) is 7.54. The van der Waals surface area contributed by atoms with Crippen LogP contribution >= 0.6 is 0 Å². The van der Waals surface area contributed by atoms with Gasteiger partial charge in [-0.15, -0.1) is 0 Å². The van der Waals surface area contributed by atoms with Crippen molar-refractivity contribution in [3.8, 4) is 17.2 Å². The maximum Gasteiger partial charge on any atom is 0.115 e. The third kappa shape index (κ3) is 5.61. The lowest BCUT2D eigenvalue weighted by molar-refractivity contribution is 0.314. The Bertz CT molecular complexity index is 841. The Balaban J connectivity index is 0.000000807. The van der Waals surface area contributed by atoms with Crippen LogP contribution in [-0.4, -0.2) is 15.3 Å².